The minimum absolute atomic E-state index is 0.268. The van der Waals surface area contributed by atoms with Crippen molar-refractivity contribution in [3.8, 4) is 0 Å². The highest BCUT2D eigenvalue weighted by Gasteiger charge is 2.57. The molecule has 0 fully saturated rings. The van der Waals surface area contributed by atoms with Crippen LogP contribution in [0.1, 0.15) is 20.8 Å². The topological polar surface area (TPSA) is 108 Å². The molecule has 0 radical (unpaired) electrons. The van der Waals surface area contributed by atoms with Crippen LogP contribution in [0.5, 0.6) is 0 Å². The molecule has 0 heterocycles. The van der Waals surface area contributed by atoms with E-state index in [4.69, 9.17) is 5.11 Å². The second kappa shape index (κ2) is 6.55. The molecular formula is C10H16F3N3O4. The van der Waals surface area contributed by atoms with Crippen molar-refractivity contribution in [3.63, 3.8) is 0 Å². The van der Waals surface area contributed by atoms with Gasteiger partial charge in [0.05, 0.1) is 6.54 Å². The fourth-order valence-corrected chi connectivity index (χ4v) is 1.02. The SMILES string of the molecule is CC(C)NC(=O)NC(=O)CNC(C)(C(=O)O)C(F)(F)F. The minimum Gasteiger partial charge on any atom is -0.480 e. The van der Waals surface area contributed by atoms with Gasteiger partial charge >= 0.3 is 18.2 Å². The van der Waals surface area contributed by atoms with E-state index < -0.39 is 36.2 Å². The summed E-state index contributed by atoms with van der Waals surface area (Å²) in [5, 5.41) is 14.2. The van der Waals surface area contributed by atoms with Crippen molar-refractivity contribution >= 4 is 17.9 Å². The molecule has 0 spiro atoms. The van der Waals surface area contributed by atoms with Crippen molar-refractivity contribution in [2.24, 2.45) is 0 Å². The first-order valence-corrected chi connectivity index (χ1v) is 5.55. The molecule has 20 heavy (non-hydrogen) atoms. The first-order valence-electron chi connectivity index (χ1n) is 5.55. The van der Waals surface area contributed by atoms with Crippen LogP contribution in [0.2, 0.25) is 0 Å². The molecule has 3 amide bonds. The molecule has 10 heteroatoms. The summed E-state index contributed by atoms with van der Waals surface area (Å²) in [5.74, 6) is -3.26. The number of hydrogen-bond donors (Lipinski definition) is 4. The Kier molecular flexibility index (Phi) is 5.95. The number of nitrogens with one attached hydrogen (secondary N) is 3. The zero-order valence-corrected chi connectivity index (χ0v) is 11.1. The van der Waals surface area contributed by atoms with Gasteiger partial charge in [0.15, 0.2) is 0 Å². The molecule has 0 rings (SSSR count). The predicted molar refractivity (Wildman–Crippen MR) is 61.9 cm³/mol. The molecule has 0 saturated heterocycles. The molecule has 0 saturated carbocycles. The van der Waals surface area contributed by atoms with Crippen molar-refractivity contribution in [1.82, 2.24) is 16.0 Å². The van der Waals surface area contributed by atoms with Crippen LogP contribution >= 0.6 is 0 Å². The van der Waals surface area contributed by atoms with Crippen molar-refractivity contribution in [3.05, 3.63) is 0 Å². The van der Waals surface area contributed by atoms with Gasteiger partial charge in [0, 0.05) is 6.04 Å². The highest BCUT2D eigenvalue weighted by Crippen LogP contribution is 2.30. The van der Waals surface area contributed by atoms with Gasteiger partial charge in [0.25, 0.3) is 0 Å². The number of urea groups is 1. The zero-order chi connectivity index (χ0) is 16.1. The van der Waals surface area contributed by atoms with E-state index in [-0.39, 0.29) is 6.04 Å². The number of halogens is 3. The van der Waals surface area contributed by atoms with E-state index in [2.05, 4.69) is 5.32 Å². The van der Waals surface area contributed by atoms with E-state index in [0.29, 0.717) is 6.92 Å². The number of carbonyl (C=O) groups excluding carboxylic acids is 2. The van der Waals surface area contributed by atoms with Gasteiger partial charge in [0.2, 0.25) is 11.4 Å². The second-order valence-corrected chi connectivity index (χ2v) is 4.46. The maximum Gasteiger partial charge on any atom is 0.417 e. The summed E-state index contributed by atoms with van der Waals surface area (Å²) >= 11 is 0. The fraction of sp³-hybridized carbons (Fsp3) is 0.700. The van der Waals surface area contributed by atoms with Crippen molar-refractivity contribution in [2.75, 3.05) is 6.54 Å². The summed E-state index contributed by atoms with van der Waals surface area (Å²) in [6.45, 7) is 2.64. The van der Waals surface area contributed by atoms with Crippen LogP contribution in [0.25, 0.3) is 0 Å². The number of imide groups is 1. The molecule has 0 aromatic heterocycles. The Morgan fingerprint density at radius 1 is 1.20 bits per heavy atom. The Morgan fingerprint density at radius 2 is 1.70 bits per heavy atom. The third-order valence-electron chi connectivity index (χ3n) is 2.27. The van der Waals surface area contributed by atoms with Crippen molar-refractivity contribution < 1.29 is 32.7 Å². The van der Waals surface area contributed by atoms with Gasteiger partial charge in [-0.1, -0.05) is 0 Å². The van der Waals surface area contributed by atoms with Crippen molar-refractivity contribution in [2.45, 2.75) is 38.5 Å². The highest BCUT2D eigenvalue weighted by molar-refractivity contribution is 5.95. The summed E-state index contributed by atoms with van der Waals surface area (Å²) in [4.78, 5) is 33.0. The van der Waals surface area contributed by atoms with Gasteiger partial charge in [0.1, 0.15) is 0 Å². The molecule has 116 valence electrons. The Morgan fingerprint density at radius 3 is 2.05 bits per heavy atom. The molecule has 0 aromatic carbocycles. The van der Waals surface area contributed by atoms with Crippen LogP contribution in [0.15, 0.2) is 0 Å². The Labute approximate surface area is 112 Å². The summed E-state index contributed by atoms with van der Waals surface area (Å²) in [6.07, 6.45) is -5.10. The molecule has 1 unspecified atom stereocenters. The van der Waals surface area contributed by atoms with Gasteiger partial charge in [-0.2, -0.15) is 13.2 Å². The number of carbonyl (C=O) groups is 3. The molecule has 4 N–H and O–H groups in total. The van der Waals surface area contributed by atoms with E-state index in [9.17, 15) is 27.6 Å². The summed E-state index contributed by atoms with van der Waals surface area (Å²) in [5.41, 5.74) is -3.28. The number of carboxylic acid groups (broad SMARTS) is 1. The standard InChI is InChI=1S/C10H16F3N3O4/c1-5(2)15-8(20)16-6(17)4-14-9(3,7(18)19)10(11,12)13/h5,14H,4H2,1-3H3,(H,18,19)(H2,15,16,17,20). The summed E-state index contributed by atoms with van der Waals surface area (Å²) < 4.78 is 37.8. The van der Waals surface area contributed by atoms with E-state index in [1.54, 1.807) is 24.5 Å². The Hall–Kier alpha value is -1.84. The number of carboxylic acids is 1. The largest absolute Gasteiger partial charge is 0.480 e. The lowest BCUT2D eigenvalue weighted by Gasteiger charge is -2.28. The fourth-order valence-electron chi connectivity index (χ4n) is 1.02. The quantitative estimate of drug-likeness (QED) is 0.581. The third-order valence-corrected chi connectivity index (χ3v) is 2.27. The van der Waals surface area contributed by atoms with Gasteiger partial charge in [-0.25, -0.2) is 9.59 Å². The molecular weight excluding hydrogens is 283 g/mol. The normalized spacial score (nSPS) is 14.6. The number of rotatable bonds is 5. The first-order chi connectivity index (χ1) is 8.90. The minimum atomic E-state index is -5.10. The van der Waals surface area contributed by atoms with Crippen LogP contribution in [-0.4, -0.2) is 47.3 Å². The van der Waals surface area contributed by atoms with E-state index in [1.165, 1.54) is 0 Å². The van der Waals surface area contributed by atoms with E-state index in [1.807, 2.05) is 0 Å². The van der Waals surface area contributed by atoms with Crippen LogP contribution < -0.4 is 16.0 Å². The molecule has 0 aliphatic rings. The maximum atomic E-state index is 12.6. The number of amides is 3. The van der Waals surface area contributed by atoms with Gasteiger partial charge < -0.3 is 10.4 Å². The maximum absolute atomic E-state index is 12.6. The van der Waals surface area contributed by atoms with Gasteiger partial charge in [-0.15, -0.1) is 0 Å². The molecule has 7 nitrogen and oxygen atoms in total. The van der Waals surface area contributed by atoms with Crippen LogP contribution in [0.3, 0.4) is 0 Å². The molecule has 0 aliphatic carbocycles. The number of hydrogen-bond acceptors (Lipinski definition) is 4. The smallest absolute Gasteiger partial charge is 0.417 e. The average Bonchev–Trinajstić information content (AvgIpc) is 2.22. The third kappa shape index (κ3) is 5.03. The lowest BCUT2D eigenvalue weighted by molar-refractivity contribution is -0.205. The van der Waals surface area contributed by atoms with Gasteiger partial charge in [-0.05, 0) is 20.8 Å². The highest BCUT2D eigenvalue weighted by atomic mass is 19.4. The van der Waals surface area contributed by atoms with E-state index in [0.717, 1.165) is 0 Å². The molecule has 0 aromatic rings. The van der Waals surface area contributed by atoms with Crippen LogP contribution in [0.4, 0.5) is 18.0 Å². The average molecular weight is 299 g/mol. The second-order valence-electron chi connectivity index (χ2n) is 4.46. The van der Waals surface area contributed by atoms with Crippen LogP contribution in [0, 0.1) is 0 Å². The number of aliphatic carboxylic acids is 1. The number of alkyl halides is 3. The summed E-state index contributed by atoms with van der Waals surface area (Å²) in [7, 11) is 0. The zero-order valence-electron chi connectivity index (χ0n) is 11.1. The lowest BCUT2D eigenvalue weighted by atomic mass is 10.0. The molecule has 1 atom stereocenters. The summed E-state index contributed by atoms with van der Waals surface area (Å²) in [6, 6.07) is -1.15. The van der Waals surface area contributed by atoms with E-state index >= 15 is 0 Å². The van der Waals surface area contributed by atoms with Crippen molar-refractivity contribution in [1.29, 1.82) is 0 Å². The Balaban J connectivity index is 4.56. The Bertz CT molecular complexity index is 398. The monoisotopic (exact) mass is 299 g/mol. The predicted octanol–water partition coefficient (Wildman–Crippen LogP) is 0.216. The molecule has 0 aliphatic heterocycles. The van der Waals surface area contributed by atoms with Gasteiger partial charge in [-0.3, -0.25) is 15.4 Å². The molecule has 0 bridgehead atoms. The lowest BCUT2D eigenvalue weighted by Crippen LogP contribution is -2.62. The van der Waals surface area contributed by atoms with Crippen LogP contribution in [-0.2, 0) is 9.59 Å². The first kappa shape index (κ1) is 18.2.